The molecule has 3 aromatic carbocycles. The average Bonchev–Trinajstić information content (AvgIpc) is 2.73. The van der Waals surface area contributed by atoms with Crippen molar-refractivity contribution in [2.24, 2.45) is 0 Å². The van der Waals surface area contributed by atoms with E-state index in [0.717, 1.165) is 16.3 Å². The summed E-state index contributed by atoms with van der Waals surface area (Å²) in [5.74, 6) is -0.682. The van der Waals surface area contributed by atoms with Crippen LogP contribution in [0.1, 0.15) is 28.4 Å². The summed E-state index contributed by atoms with van der Waals surface area (Å²) in [6, 6.07) is 19.6. The van der Waals surface area contributed by atoms with Crippen LogP contribution in [0.2, 0.25) is 0 Å². The minimum absolute atomic E-state index is 0.142. The number of fused-ring (bicyclic) bond motifs is 1. The van der Waals surface area contributed by atoms with Crippen LogP contribution < -0.4 is 10.6 Å². The topological polar surface area (TPSA) is 61.4 Å². The first kappa shape index (κ1) is 21.5. The Hall–Kier alpha value is -3.25. The Morgan fingerprint density at radius 3 is 2.43 bits per heavy atom. The molecule has 0 aromatic heterocycles. The van der Waals surface area contributed by atoms with E-state index >= 15 is 0 Å². The molecule has 0 saturated carbocycles. The van der Waals surface area contributed by atoms with Crippen molar-refractivity contribution < 1.29 is 14.0 Å². The summed E-state index contributed by atoms with van der Waals surface area (Å²) >= 11 is 0. The van der Waals surface area contributed by atoms with Crippen LogP contribution in [0.4, 0.5) is 4.39 Å². The third-order valence-electron chi connectivity index (χ3n) is 5.00. The molecule has 0 aliphatic carbocycles. The third-order valence-corrected chi connectivity index (χ3v) is 5.00. The van der Waals surface area contributed by atoms with Crippen LogP contribution in [0.15, 0.2) is 66.7 Å². The first-order valence-electron chi connectivity index (χ1n) is 9.89. The van der Waals surface area contributed by atoms with Gasteiger partial charge in [0.25, 0.3) is 5.91 Å². The lowest BCUT2D eigenvalue weighted by Crippen LogP contribution is -2.36. The number of halogens is 1. The molecule has 3 aromatic rings. The van der Waals surface area contributed by atoms with Gasteiger partial charge in [0.2, 0.25) is 5.91 Å². The molecule has 0 bridgehead atoms. The van der Waals surface area contributed by atoms with Gasteiger partial charge in [0.05, 0.1) is 6.04 Å². The number of benzene rings is 3. The smallest absolute Gasteiger partial charge is 0.251 e. The van der Waals surface area contributed by atoms with Crippen molar-refractivity contribution in [3.05, 3.63) is 83.7 Å². The van der Waals surface area contributed by atoms with Crippen molar-refractivity contribution in [1.82, 2.24) is 15.5 Å². The van der Waals surface area contributed by atoms with Crippen LogP contribution in [0.3, 0.4) is 0 Å². The Labute approximate surface area is 175 Å². The molecule has 2 N–H and O–H groups in total. The van der Waals surface area contributed by atoms with E-state index in [9.17, 15) is 14.0 Å². The Morgan fingerprint density at radius 1 is 0.933 bits per heavy atom. The van der Waals surface area contributed by atoms with Gasteiger partial charge >= 0.3 is 0 Å². The van der Waals surface area contributed by atoms with E-state index in [1.807, 2.05) is 61.5 Å². The van der Waals surface area contributed by atoms with Gasteiger partial charge in [-0.05, 0) is 54.7 Å². The molecular formula is C24H26FN3O2. The predicted octanol–water partition coefficient (Wildman–Crippen LogP) is 3.52. The molecule has 0 spiro atoms. The zero-order valence-corrected chi connectivity index (χ0v) is 17.2. The molecular weight excluding hydrogens is 381 g/mol. The highest BCUT2D eigenvalue weighted by Gasteiger charge is 2.16. The van der Waals surface area contributed by atoms with Gasteiger partial charge in [0.15, 0.2) is 0 Å². The van der Waals surface area contributed by atoms with Crippen LogP contribution in [0.5, 0.6) is 0 Å². The number of nitrogens with one attached hydrogen (secondary N) is 2. The summed E-state index contributed by atoms with van der Waals surface area (Å²) in [5, 5.41) is 7.72. The fourth-order valence-electron chi connectivity index (χ4n) is 3.33. The fourth-order valence-corrected chi connectivity index (χ4v) is 3.33. The summed E-state index contributed by atoms with van der Waals surface area (Å²) in [6.45, 7) is 0.595. The normalized spacial score (nSPS) is 12.0. The van der Waals surface area contributed by atoms with Crippen molar-refractivity contribution in [2.45, 2.75) is 12.5 Å². The maximum atomic E-state index is 13.5. The second-order valence-electron chi connectivity index (χ2n) is 7.41. The van der Waals surface area contributed by atoms with Crippen molar-refractivity contribution in [3.63, 3.8) is 0 Å². The minimum Gasteiger partial charge on any atom is -0.354 e. The second kappa shape index (κ2) is 9.98. The number of amides is 2. The molecule has 0 fully saturated rings. The van der Waals surface area contributed by atoms with E-state index in [1.165, 1.54) is 12.1 Å². The zero-order chi connectivity index (χ0) is 21.5. The van der Waals surface area contributed by atoms with Crippen LogP contribution in [0.25, 0.3) is 10.8 Å². The van der Waals surface area contributed by atoms with Gasteiger partial charge in [-0.3, -0.25) is 9.59 Å². The molecule has 1 atom stereocenters. The largest absolute Gasteiger partial charge is 0.354 e. The first-order chi connectivity index (χ1) is 14.4. The Balaban J connectivity index is 1.48. The number of hydrogen-bond donors (Lipinski definition) is 2. The van der Waals surface area contributed by atoms with Crippen LogP contribution >= 0.6 is 0 Å². The number of carbonyl (C=O) groups excluding carboxylic acids is 2. The third kappa shape index (κ3) is 5.64. The first-order valence-corrected chi connectivity index (χ1v) is 9.89. The molecule has 6 heteroatoms. The molecule has 30 heavy (non-hydrogen) atoms. The zero-order valence-electron chi connectivity index (χ0n) is 17.2. The number of nitrogens with zero attached hydrogens (tertiary/aromatic N) is 1. The molecule has 156 valence electrons. The standard InChI is InChI=1S/C24H26FN3O2/c1-28(2)22(19-8-5-9-21(25)15-19)16-27-23(29)12-13-26-24(30)20-11-10-17-6-3-4-7-18(17)14-20/h3-11,14-15,22H,12-13,16H2,1-2H3,(H,26,30)(H,27,29). The van der Waals surface area contributed by atoms with Crippen molar-refractivity contribution in [2.75, 3.05) is 27.2 Å². The quantitative estimate of drug-likeness (QED) is 0.601. The van der Waals surface area contributed by atoms with Gasteiger partial charge in [0, 0.05) is 25.1 Å². The van der Waals surface area contributed by atoms with Crippen molar-refractivity contribution in [3.8, 4) is 0 Å². The average molecular weight is 407 g/mol. The van der Waals surface area contributed by atoms with E-state index < -0.39 is 0 Å². The molecule has 0 saturated heterocycles. The molecule has 0 aliphatic heterocycles. The fraction of sp³-hybridized carbons (Fsp3) is 0.250. The van der Waals surface area contributed by atoms with E-state index in [-0.39, 0.29) is 36.6 Å². The van der Waals surface area contributed by atoms with Gasteiger partial charge < -0.3 is 15.5 Å². The lowest BCUT2D eigenvalue weighted by atomic mass is 10.1. The predicted molar refractivity (Wildman–Crippen MR) is 117 cm³/mol. The van der Waals surface area contributed by atoms with Crippen LogP contribution in [0, 0.1) is 5.82 Å². The Bertz CT molecular complexity index is 1040. The van der Waals surface area contributed by atoms with Gasteiger partial charge in [-0.25, -0.2) is 4.39 Å². The molecule has 1 unspecified atom stereocenters. The highest BCUT2D eigenvalue weighted by molar-refractivity contribution is 5.98. The number of carbonyl (C=O) groups is 2. The molecule has 2 amide bonds. The maximum Gasteiger partial charge on any atom is 0.251 e. The van der Waals surface area contributed by atoms with E-state index in [0.29, 0.717) is 12.1 Å². The van der Waals surface area contributed by atoms with E-state index in [4.69, 9.17) is 0 Å². The summed E-state index contributed by atoms with van der Waals surface area (Å²) in [4.78, 5) is 26.5. The number of likely N-dealkylation sites (N-methyl/N-ethyl adjacent to an activating group) is 1. The van der Waals surface area contributed by atoms with E-state index in [1.54, 1.807) is 12.1 Å². The molecule has 0 aliphatic rings. The lowest BCUT2D eigenvalue weighted by Gasteiger charge is -2.25. The molecule has 0 radical (unpaired) electrons. The van der Waals surface area contributed by atoms with Gasteiger partial charge in [-0.15, -0.1) is 0 Å². The van der Waals surface area contributed by atoms with Gasteiger partial charge in [-0.1, -0.05) is 42.5 Å². The summed E-state index contributed by atoms with van der Waals surface area (Å²) in [7, 11) is 3.76. The number of hydrogen-bond acceptors (Lipinski definition) is 3. The highest BCUT2D eigenvalue weighted by Crippen LogP contribution is 2.18. The van der Waals surface area contributed by atoms with Gasteiger partial charge in [0.1, 0.15) is 5.82 Å². The monoisotopic (exact) mass is 407 g/mol. The molecule has 5 nitrogen and oxygen atoms in total. The number of rotatable bonds is 8. The Morgan fingerprint density at radius 2 is 1.70 bits per heavy atom. The second-order valence-corrected chi connectivity index (χ2v) is 7.41. The Kier molecular flexibility index (Phi) is 7.14. The molecule has 0 heterocycles. The summed E-state index contributed by atoms with van der Waals surface area (Å²) < 4.78 is 13.5. The maximum absolute atomic E-state index is 13.5. The van der Waals surface area contributed by atoms with Crippen molar-refractivity contribution in [1.29, 1.82) is 0 Å². The van der Waals surface area contributed by atoms with Crippen LogP contribution in [-0.2, 0) is 4.79 Å². The van der Waals surface area contributed by atoms with Crippen molar-refractivity contribution >= 4 is 22.6 Å². The van der Waals surface area contributed by atoms with E-state index in [2.05, 4.69) is 10.6 Å². The lowest BCUT2D eigenvalue weighted by molar-refractivity contribution is -0.121. The SMILES string of the molecule is CN(C)C(CNC(=O)CCNC(=O)c1ccc2ccccc2c1)c1cccc(F)c1. The molecule has 3 rings (SSSR count). The van der Waals surface area contributed by atoms with Crippen LogP contribution in [-0.4, -0.2) is 43.9 Å². The van der Waals surface area contributed by atoms with Gasteiger partial charge in [-0.2, -0.15) is 0 Å². The summed E-state index contributed by atoms with van der Waals surface area (Å²) in [6.07, 6.45) is 0.169. The highest BCUT2D eigenvalue weighted by atomic mass is 19.1. The summed E-state index contributed by atoms with van der Waals surface area (Å²) in [5.41, 5.74) is 1.36. The minimum atomic E-state index is -0.304.